The average molecular weight is 250 g/mol. The molecule has 0 aromatic heterocycles. The molecule has 1 saturated heterocycles. The summed E-state index contributed by atoms with van der Waals surface area (Å²) in [7, 11) is 1.73. The normalized spacial score (nSPS) is 18.3. The average Bonchev–Trinajstić information content (AvgIpc) is 2.27. The molecule has 0 bridgehead atoms. The van der Waals surface area contributed by atoms with Crippen LogP contribution < -0.4 is 10.1 Å². The van der Waals surface area contributed by atoms with Crippen molar-refractivity contribution in [2.24, 2.45) is 0 Å². The van der Waals surface area contributed by atoms with Crippen LogP contribution in [0.1, 0.15) is 18.0 Å². The molecule has 0 radical (unpaired) electrons. The molecule has 1 atom stereocenters. The van der Waals surface area contributed by atoms with Gasteiger partial charge in [0.1, 0.15) is 5.75 Å². The van der Waals surface area contributed by atoms with Crippen molar-refractivity contribution >= 4 is 23.2 Å². The molecule has 2 aromatic carbocycles. The first-order valence-electron chi connectivity index (χ1n) is 5.69. The molecule has 3 rings (SSSR count). The number of halogens is 1. The monoisotopic (exact) mass is 249 g/mol. The highest BCUT2D eigenvalue weighted by Gasteiger charge is 2.20. The lowest BCUT2D eigenvalue weighted by atomic mass is 9.92. The van der Waals surface area contributed by atoms with Crippen molar-refractivity contribution in [2.45, 2.75) is 12.5 Å². The molecular formula is C14H16ClNO. The topological polar surface area (TPSA) is 21.3 Å². The molecule has 0 unspecified atom stereocenters. The van der Waals surface area contributed by atoms with E-state index in [1.165, 1.54) is 22.8 Å². The second-order valence-electron chi connectivity index (χ2n) is 4.20. The Labute approximate surface area is 107 Å². The van der Waals surface area contributed by atoms with Gasteiger partial charge in [0.15, 0.2) is 0 Å². The van der Waals surface area contributed by atoms with Gasteiger partial charge < -0.3 is 10.1 Å². The van der Waals surface area contributed by atoms with Crippen LogP contribution in [0.4, 0.5) is 0 Å². The molecular weight excluding hydrogens is 234 g/mol. The van der Waals surface area contributed by atoms with Gasteiger partial charge in [0.05, 0.1) is 7.11 Å². The largest absolute Gasteiger partial charge is 0.496 e. The maximum absolute atomic E-state index is 5.39. The summed E-state index contributed by atoms with van der Waals surface area (Å²) in [6, 6.07) is 13.2. The van der Waals surface area contributed by atoms with Gasteiger partial charge in [-0.3, -0.25) is 0 Å². The van der Waals surface area contributed by atoms with E-state index in [1.807, 2.05) is 0 Å². The molecule has 0 aliphatic carbocycles. The van der Waals surface area contributed by atoms with Gasteiger partial charge in [-0.25, -0.2) is 0 Å². The van der Waals surface area contributed by atoms with Crippen LogP contribution in [0, 0.1) is 0 Å². The third-order valence-corrected chi connectivity index (χ3v) is 3.34. The van der Waals surface area contributed by atoms with Gasteiger partial charge in [0.25, 0.3) is 0 Å². The van der Waals surface area contributed by atoms with E-state index < -0.39 is 0 Å². The molecule has 1 heterocycles. The highest BCUT2D eigenvalue weighted by atomic mass is 35.5. The first kappa shape index (κ1) is 12.2. The Bertz CT molecular complexity index is 523. The van der Waals surface area contributed by atoms with Gasteiger partial charge in [-0.05, 0) is 30.0 Å². The fourth-order valence-corrected chi connectivity index (χ4v) is 2.33. The standard InChI is InChI=1S/C14H15NO.ClH/c1-16-14-7-6-11(13-8-9-15-13)10-4-2-3-5-12(10)14;/h2-7,13,15H,8-9H2,1H3;1H/t13-;/m0./s1. The van der Waals surface area contributed by atoms with Crippen molar-refractivity contribution < 1.29 is 4.74 Å². The van der Waals surface area contributed by atoms with E-state index in [4.69, 9.17) is 4.74 Å². The predicted molar refractivity (Wildman–Crippen MR) is 73.1 cm³/mol. The van der Waals surface area contributed by atoms with Crippen molar-refractivity contribution in [3.8, 4) is 5.75 Å². The zero-order valence-corrected chi connectivity index (χ0v) is 10.6. The highest BCUT2D eigenvalue weighted by molar-refractivity contribution is 5.91. The fraction of sp³-hybridized carbons (Fsp3) is 0.286. The Balaban J connectivity index is 0.00000108. The zero-order chi connectivity index (χ0) is 11.0. The number of fused-ring (bicyclic) bond motifs is 1. The van der Waals surface area contributed by atoms with E-state index in [2.05, 4.69) is 41.7 Å². The second-order valence-corrected chi connectivity index (χ2v) is 4.20. The number of hydrogen-bond donors (Lipinski definition) is 1. The van der Waals surface area contributed by atoms with Crippen molar-refractivity contribution in [3.63, 3.8) is 0 Å². The van der Waals surface area contributed by atoms with E-state index >= 15 is 0 Å². The zero-order valence-electron chi connectivity index (χ0n) is 9.77. The number of nitrogens with one attached hydrogen (secondary N) is 1. The minimum atomic E-state index is 0. The Morgan fingerprint density at radius 1 is 1.12 bits per heavy atom. The summed E-state index contributed by atoms with van der Waals surface area (Å²) in [5.74, 6) is 0.957. The van der Waals surface area contributed by atoms with E-state index in [9.17, 15) is 0 Å². The molecule has 3 heteroatoms. The van der Waals surface area contributed by atoms with Crippen molar-refractivity contribution in [1.29, 1.82) is 0 Å². The number of ether oxygens (including phenoxy) is 1. The van der Waals surface area contributed by atoms with Gasteiger partial charge in [0.2, 0.25) is 0 Å². The van der Waals surface area contributed by atoms with Gasteiger partial charge in [-0.2, -0.15) is 0 Å². The summed E-state index contributed by atoms with van der Waals surface area (Å²) in [6.07, 6.45) is 1.23. The van der Waals surface area contributed by atoms with E-state index in [1.54, 1.807) is 7.11 Å². The number of rotatable bonds is 2. The Kier molecular flexibility index (Phi) is 3.55. The van der Waals surface area contributed by atoms with E-state index in [0.29, 0.717) is 6.04 Å². The number of methoxy groups -OCH3 is 1. The van der Waals surface area contributed by atoms with E-state index in [-0.39, 0.29) is 12.4 Å². The summed E-state index contributed by atoms with van der Waals surface area (Å²) in [5.41, 5.74) is 1.39. The van der Waals surface area contributed by atoms with Gasteiger partial charge in [-0.1, -0.05) is 30.3 Å². The van der Waals surface area contributed by atoms with Gasteiger partial charge >= 0.3 is 0 Å². The molecule has 0 amide bonds. The van der Waals surface area contributed by atoms with Crippen LogP contribution in [0.5, 0.6) is 5.75 Å². The Morgan fingerprint density at radius 3 is 2.41 bits per heavy atom. The lowest BCUT2D eigenvalue weighted by molar-refractivity contribution is 0.384. The molecule has 0 spiro atoms. The smallest absolute Gasteiger partial charge is 0.126 e. The summed E-state index contributed by atoms with van der Waals surface area (Å²) >= 11 is 0. The van der Waals surface area contributed by atoms with Crippen molar-refractivity contribution in [1.82, 2.24) is 5.32 Å². The molecule has 1 N–H and O–H groups in total. The number of hydrogen-bond acceptors (Lipinski definition) is 2. The molecule has 2 nitrogen and oxygen atoms in total. The first-order chi connectivity index (χ1) is 7.90. The maximum Gasteiger partial charge on any atom is 0.126 e. The molecule has 90 valence electrons. The second kappa shape index (κ2) is 4.94. The van der Waals surface area contributed by atoms with Crippen LogP contribution in [0.2, 0.25) is 0 Å². The predicted octanol–water partition coefficient (Wildman–Crippen LogP) is 3.30. The van der Waals surface area contributed by atoms with Crippen LogP contribution in [0.15, 0.2) is 36.4 Å². The van der Waals surface area contributed by atoms with Crippen molar-refractivity contribution in [3.05, 3.63) is 42.0 Å². The van der Waals surface area contributed by atoms with Crippen LogP contribution in [-0.2, 0) is 0 Å². The minimum Gasteiger partial charge on any atom is -0.496 e. The summed E-state index contributed by atoms with van der Waals surface area (Å²) in [6.45, 7) is 1.13. The number of benzene rings is 2. The third-order valence-electron chi connectivity index (χ3n) is 3.34. The van der Waals surface area contributed by atoms with Gasteiger partial charge in [-0.15, -0.1) is 12.4 Å². The maximum atomic E-state index is 5.39. The summed E-state index contributed by atoms with van der Waals surface area (Å²) in [4.78, 5) is 0. The summed E-state index contributed by atoms with van der Waals surface area (Å²) in [5, 5.41) is 5.96. The van der Waals surface area contributed by atoms with E-state index in [0.717, 1.165) is 12.3 Å². The Morgan fingerprint density at radius 2 is 1.82 bits per heavy atom. The summed E-state index contributed by atoms with van der Waals surface area (Å²) < 4.78 is 5.39. The van der Waals surface area contributed by atoms with Crippen LogP contribution >= 0.6 is 12.4 Å². The molecule has 1 aliphatic rings. The van der Waals surface area contributed by atoms with Crippen LogP contribution in [0.3, 0.4) is 0 Å². The minimum absolute atomic E-state index is 0. The molecule has 2 aromatic rings. The molecule has 1 fully saturated rings. The highest BCUT2D eigenvalue weighted by Crippen LogP contribution is 2.34. The van der Waals surface area contributed by atoms with Crippen molar-refractivity contribution in [2.75, 3.05) is 13.7 Å². The lowest BCUT2D eigenvalue weighted by Gasteiger charge is -2.29. The molecule has 17 heavy (non-hydrogen) atoms. The van der Waals surface area contributed by atoms with Crippen LogP contribution in [-0.4, -0.2) is 13.7 Å². The first-order valence-corrected chi connectivity index (χ1v) is 5.69. The quantitative estimate of drug-likeness (QED) is 0.882. The lowest BCUT2D eigenvalue weighted by Crippen LogP contribution is -2.35. The SMILES string of the molecule is COc1ccc([C@@H]2CCN2)c2ccccc12.Cl. The Hall–Kier alpha value is -1.25. The third kappa shape index (κ3) is 1.99. The fourth-order valence-electron chi connectivity index (χ4n) is 2.33. The molecule has 1 aliphatic heterocycles. The van der Waals surface area contributed by atoms with Gasteiger partial charge in [0, 0.05) is 11.4 Å². The van der Waals surface area contributed by atoms with Crippen LogP contribution in [0.25, 0.3) is 10.8 Å². The molecule has 0 saturated carbocycles.